The molecule has 6 nitrogen and oxygen atoms in total. The van der Waals surface area contributed by atoms with E-state index in [1.807, 2.05) is 30.3 Å². The average Bonchev–Trinajstić information content (AvgIpc) is 3.42. The van der Waals surface area contributed by atoms with Gasteiger partial charge in [-0.2, -0.15) is 0 Å². The summed E-state index contributed by atoms with van der Waals surface area (Å²) in [7, 11) is 1.73. The van der Waals surface area contributed by atoms with Crippen LogP contribution in [0.25, 0.3) is 0 Å². The van der Waals surface area contributed by atoms with Gasteiger partial charge in [-0.1, -0.05) is 18.2 Å². The van der Waals surface area contributed by atoms with Crippen LogP contribution in [-0.4, -0.2) is 45.2 Å². The average molecular weight is 318 g/mol. The zero-order chi connectivity index (χ0) is 16.3. The number of amides is 1. The summed E-state index contributed by atoms with van der Waals surface area (Å²) in [6.07, 6.45) is 2.95. The Bertz CT molecular complexity index is 501. The van der Waals surface area contributed by atoms with Gasteiger partial charge in [0, 0.05) is 32.6 Å². The van der Waals surface area contributed by atoms with Gasteiger partial charge in [0.2, 0.25) is 5.91 Å². The minimum Gasteiger partial charge on any atom is -0.494 e. The van der Waals surface area contributed by atoms with Gasteiger partial charge in [-0.3, -0.25) is 9.79 Å². The fourth-order valence-corrected chi connectivity index (χ4v) is 2.06. The van der Waals surface area contributed by atoms with Crippen molar-refractivity contribution in [2.45, 2.75) is 19.3 Å². The molecule has 1 aliphatic rings. The Morgan fingerprint density at radius 2 is 1.83 bits per heavy atom. The Balaban J connectivity index is 1.48. The van der Waals surface area contributed by atoms with E-state index in [0.29, 0.717) is 19.7 Å². The van der Waals surface area contributed by atoms with Crippen molar-refractivity contribution < 1.29 is 9.53 Å². The lowest BCUT2D eigenvalue weighted by Crippen LogP contribution is -2.42. The van der Waals surface area contributed by atoms with Gasteiger partial charge in [0.15, 0.2) is 5.96 Å². The Morgan fingerprint density at radius 3 is 2.52 bits per heavy atom. The van der Waals surface area contributed by atoms with Gasteiger partial charge in [-0.05, 0) is 31.4 Å². The van der Waals surface area contributed by atoms with Crippen LogP contribution in [0.15, 0.2) is 35.3 Å². The number of benzene rings is 1. The molecule has 0 radical (unpaired) electrons. The number of aliphatic imine (C=N–C) groups is 1. The van der Waals surface area contributed by atoms with E-state index in [9.17, 15) is 4.79 Å². The molecule has 1 fully saturated rings. The summed E-state index contributed by atoms with van der Waals surface area (Å²) in [6, 6.07) is 9.79. The molecule has 0 heterocycles. The largest absolute Gasteiger partial charge is 0.494 e. The van der Waals surface area contributed by atoms with Crippen LogP contribution in [0.4, 0.5) is 0 Å². The second kappa shape index (κ2) is 9.71. The van der Waals surface area contributed by atoms with Crippen molar-refractivity contribution in [2.24, 2.45) is 10.9 Å². The van der Waals surface area contributed by atoms with Gasteiger partial charge < -0.3 is 20.7 Å². The van der Waals surface area contributed by atoms with E-state index in [1.165, 1.54) is 0 Å². The van der Waals surface area contributed by atoms with Crippen LogP contribution in [0.3, 0.4) is 0 Å². The van der Waals surface area contributed by atoms with Crippen molar-refractivity contribution in [3.63, 3.8) is 0 Å². The van der Waals surface area contributed by atoms with Gasteiger partial charge in [0.25, 0.3) is 0 Å². The highest BCUT2D eigenvalue weighted by Crippen LogP contribution is 2.28. The Kier molecular flexibility index (Phi) is 7.23. The first-order valence-electron chi connectivity index (χ1n) is 8.19. The zero-order valence-electron chi connectivity index (χ0n) is 13.7. The van der Waals surface area contributed by atoms with Crippen molar-refractivity contribution in [1.82, 2.24) is 16.0 Å². The SMILES string of the molecule is CN=C(NCCCOc1ccccc1)NCCNC(=O)C1CC1. The molecule has 1 aromatic rings. The molecule has 126 valence electrons. The number of hydrogen-bond acceptors (Lipinski definition) is 3. The number of hydrogen-bond donors (Lipinski definition) is 3. The minimum absolute atomic E-state index is 0.174. The third kappa shape index (κ3) is 7.04. The van der Waals surface area contributed by atoms with Gasteiger partial charge >= 0.3 is 0 Å². The molecule has 0 atom stereocenters. The molecule has 0 saturated heterocycles. The molecule has 6 heteroatoms. The summed E-state index contributed by atoms with van der Waals surface area (Å²) in [4.78, 5) is 15.6. The highest BCUT2D eigenvalue weighted by molar-refractivity contribution is 5.81. The molecule has 2 rings (SSSR count). The van der Waals surface area contributed by atoms with E-state index in [4.69, 9.17) is 4.74 Å². The Morgan fingerprint density at radius 1 is 1.13 bits per heavy atom. The number of carbonyl (C=O) groups is 1. The lowest BCUT2D eigenvalue weighted by Gasteiger charge is -2.12. The Hall–Kier alpha value is -2.24. The van der Waals surface area contributed by atoms with Crippen molar-refractivity contribution >= 4 is 11.9 Å². The summed E-state index contributed by atoms with van der Waals surface area (Å²) >= 11 is 0. The topological polar surface area (TPSA) is 74.8 Å². The van der Waals surface area contributed by atoms with Crippen molar-refractivity contribution in [1.29, 1.82) is 0 Å². The van der Waals surface area contributed by atoms with Crippen LogP contribution >= 0.6 is 0 Å². The monoisotopic (exact) mass is 318 g/mol. The predicted molar refractivity (Wildman–Crippen MR) is 91.7 cm³/mol. The van der Waals surface area contributed by atoms with Crippen LogP contribution in [-0.2, 0) is 4.79 Å². The quantitative estimate of drug-likeness (QED) is 0.363. The van der Waals surface area contributed by atoms with Gasteiger partial charge in [0.1, 0.15) is 5.75 Å². The van der Waals surface area contributed by atoms with E-state index in [0.717, 1.165) is 37.5 Å². The second-order valence-corrected chi connectivity index (χ2v) is 5.51. The molecule has 1 aliphatic carbocycles. The molecule has 1 saturated carbocycles. The molecule has 23 heavy (non-hydrogen) atoms. The normalized spacial score (nSPS) is 14.2. The van der Waals surface area contributed by atoms with Crippen LogP contribution in [0.1, 0.15) is 19.3 Å². The number of nitrogens with zero attached hydrogens (tertiary/aromatic N) is 1. The van der Waals surface area contributed by atoms with E-state index in [1.54, 1.807) is 7.05 Å². The van der Waals surface area contributed by atoms with Gasteiger partial charge in [-0.25, -0.2) is 0 Å². The third-order valence-electron chi connectivity index (χ3n) is 3.51. The highest BCUT2D eigenvalue weighted by atomic mass is 16.5. The van der Waals surface area contributed by atoms with Crippen molar-refractivity contribution in [3.05, 3.63) is 30.3 Å². The number of nitrogens with one attached hydrogen (secondary N) is 3. The number of guanidine groups is 1. The summed E-state index contributed by atoms with van der Waals surface area (Å²) in [6.45, 7) is 2.72. The molecule has 0 aliphatic heterocycles. The smallest absolute Gasteiger partial charge is 0.223 e. The van der Waals surface area contributed by atoms with Gasteiger partial charge in [0.05, 0.1) is 6.61 Å². The maximum atomic E-state index is 11.5. The van der Waals surface area contributed by atoms with E-state index in [-0.39, 0.29) is 11.8 Å². The van der Waals surface area contributed by atoms with Crippen molar-refractivity contribution in [3.8, 4) is 5.75 Å². The van der Waals surface area contributed by atoms with Crippen LogP contribution in [0.5, 0.6) is 5.75 Å². The first-order chi connectivity index (χ1) is 11.3. The molecule has 1 amide bonds. The molecular formula is C17H26N4O2. The summed E-state index contributed by atoms with van der Waals surface area (Å²) in [5.41, 5.74) is 0. The lowest BCUT2D eigenvalue weighted by atomic mass is 10.3. The summed E-state index contributed by atoms with van der Waals surface area (Å²) < 4.78 is 5.63. The maximum Gasteiger partial charge on any atom is 0.223 e. The predicted octanol–water partition coefficient (Wildman–Crippen LogP) is 1.15. The second-order valence-electron chi connectivity index (χ2n) is 5.51. The summed E-state index contributed by atoms with van der Waals surface area (Å²) in [5.74, 6) is 2.07. The number of para-hydroxylation sites is 1. The Labute approximate surface area is 137 Å². The first kappa shape index (κ1) is 17.1. The standard InChI is InChI=1S/C17H26N4O2/c1-18-17(21-12-11-19-16(22)14-8-9-14)20-10-5-13-23-15-6-3-2-4-7-15/h2-4,6-7,14H,5,8-13H2,1H3,(H,19,22)(H2,18,20,21). The van der Waals surface area contributed by atoms with E-state index in [2.05, 4.69) is 20.9 Å². The molecule has 1 aromatic carbocycles. The lowest BCUT2D eigenvalue weighted by molar-refractivity contribution is -0.122. The molecule has 0 aromatic heterocycles. The molecular weight excluding hydrogens is 292 g/mol. The maximum absolute atomic E-state index is 11.5. The zero-order valence-corrected chi connectivity index (χ0v) is 13.7. The van der Waals surface area contributed by atoms with E-state index < -0.39 is 0 Å². The highest BCUT2D eigenvalue weighted by Gasteiger charge is 2.28. The fourth-order valence-electron chi connectivity index (χ4n) is 2.06. The van der Waals surface area contributed by atoms with Gasteiger partial charge in [-0.15, -0.1) is 0 Å². The van der Waals surface area contributed by atoms with Crippen LogP contribution in [0.2, 0.25) is 0 Å². The van der Waals surface area contributed by atoms with Crippen LogP contribution in [0, 0.1) is 5.92 Å². The van der Waals surface area contributed by atoms with Crippen molar-refractivity contribution in [2.75, 3.05) is 33.3 Å². The molecule has 0 unspecified atom stereocenters. The van der Waals surface area contributed by atoms with E-state index >= 15 is 0 Å². The first-order valence-corrected chi connectivity index (χ1v) is 8.19. The fraction of sp³-hybridized carbons (Fsp3) is 0.529. The number of ether oxygens (including phenoxy) is 1. The summed E-state index contributed by atoms with van der Waals surface area (Å²) in [5, 5.41) is 9.32. The number of carbonyl (C=O) groups excluding carboxylic acids is 1. The van der Waals surface area contributed by atoms with Crippen LogP contribution < -0.4 is 20.7 Å². The molecule has 3 N–H and O–H groups in total. The minimum atomic E-state index is 0.174. The molecule has 0 spiro atoms. The third-order valence-corrected chi connectivity index (χ3v) is 3.51. The number of rotatable bonds is 9. The molecule has 0 bridgehead atoms.